The summed E-state index contributed by atoms with van der Waals surface area (Å²) in [5.41, 5.74) is 1.70. The number of carbonyl (C=O) groups excluding carboxylic acids is 1. The molecule has 1 aliphatic rings. The van der Waals surface area contributed by atoms with Gasteiger partial charge in [-0.3, -0.25) is 4.79 Å². The molecule has 4 aromatic rings. The minimum Gasteiger partial charge on any atom is -0.443 e. The number of benzene rings is 2. The van der Waals surface area contributed by atoms with E-state index >= 15 is 0 Å². The van der Waals surface area contributed by atoms with Crippen molar-refractivity contribution in [1.82, 2.24) is 15.0 Å². The largest absolute Gasteiger partial charge is 0.443 e. The number of hydrogen-bond donors (Lipinski definition) is 0. The minimum absolute atomic E-state index is 0.0766. The molecule has 168 valence electrons. The molecular weight excluding hydrogens is 428 g/mol. The van der Waals surface area contributed by atoms with E-state index in [4.69, 9.17) is 8.94 Å². The van der Waals surface area contributed by atoms with Crippen molar-refractivity contribution in [3.05, 3.63) is 95.4 Å². The Bertz CT molecular complexity index is 1280. The molecule has 3 heterocycles. The SMILES string of the molecule is O=C(c1cc(-c2cccc(F)c2)no1)N1CCCC[C@@H]1c1ncc(Cc2cccc(F)c2)o1. The summed E-state index contributed by atoms with van der Waals surface area (Å²) in [5, 5.41) is 3.94. The first-order chi connectivity index (χ1) is 16.1. The maximum absolute atomic E-state index is 13.5. The van der Waals surface area contributed by atoms with Gasteiger partial charge >= 0.3 is 0 Å². The molecule has 8 heteroatoms. The molecule has 1 fully saturated rings. The average molecular weight is 449 g/mol. The minimum atomic E-state index is -0.391. The van der Waals surface area contributed by atoms with Gasteiger partial charge in [-0.2, -0.15) is 0 Å². The first-order valence-electron chi connectivity index (χ1n) is 10.8. The summed E-state index contributed by atoms with van der Waals surface area (Å²) in [7, 11) is 0. The van der Waals surface area contributed by atoms with E-state index in [-0.39, 0.29) is 23.5 Å². The molecule has 2 aromatic heterocycles. The Morgan fingerprint density at radius 2 is 1.88 bits per heavy atom. The second-order valence-electron chi connectivity index (χ2n) is 8.07. The Kier molecular flexibility index (Phi) is 5.73. The van der Waals surface area contributed by atoms with Crippen LogP contribution in [0.3, 0.4) is 0 Å². The van der Waals surface area contributed by atoms with Gasteiger partial charge < -0.3 is 13.8 Å². The van der Waals surface area contributed by atoms with Crippen LogP contribution in [0, 0.1) is 11.6 Å². The van der Waals surface area contributed by atoms with Gasteiger partial charge in [0, 0.05) is 24.6 Å². The Labute approximate surface area is 188 Å². The lowest BCUT2D eigenvalue weighted by Gasteiger charge is -2.32. The van der Waals surface area contributed by atoms with Crippen LogP contribution in [-0.4, -0.2) is 27.5 Å². The summed E-state index contributed by atoms with van der Waals surface area (Å²) in [6.45, 7) is 0.529. The maximum Gasteiger partial charge on any atom is 0.293 e. The highest BCUT2D eigenvalue weighted by atomic mass is 19.1. The lowest BCUT2D eigenvalue weighted by Crippen LogP contribution is -2.38. The van der Waals surface area contributed by atoms with Crippen LogP contribution < -0.4 is 0 Å². The van der Waals surface area contributed by atoms with Crippen LogP contribution >= 0.6 is 0 Å². The van der Waals surface area contributed by atoms with E-state index in [2.05, 4.69) is 10.1 Å². The normalized spacial score (nSPS) is 16.2. The summed E-state index contributed by atoms with van der Waals surface area (Å²) >= 11 is 0. The number of nitrogens with zero attached hydrogens (tertiary/aromatic N) is 3. The van der Waals surface area contributed by atoms with Gasteiger partial charge in [-0.15, -0.1) is 0 Å². The molecule has 0 N–H and O–H groups in total. The monoisotopic (exact) mass is 449 g/mol. The summed E-state index contributed by atoms with van der Waals surface area (Å²) in [6.07, 6.45) is 4.51. The van der Waals surface area contributed by atoms with Crippen LogP contribution in [0.2, 0.25) is 0 Å². The smallest absolute Gasteiger partial charge is 0.293 e. The Morgan fingerprint density at radius 1 is 1.06 bits per heavy atom. The zero-order chi connectivity index (χ0) is 22.8. The molecule has 0 radical (unpaired) electrons. The van der Waals surface area contributed by atoms with E-state index in [1.54, 1.807) is 29.3 Å². The Hall–Kier alpha value is -3.81. The molecule has 33 heavy (non-hydrogen) atoms. The van der Waals surface area contributed by atoms with E-state index in [0.717, 1.165) is 18.4 Å². The van der Waals surface area contributed by atoms with Crippen molar-refractivity contribution in [2.45, 2.75) is 31.7 Å². The van der Waals surface area contributed by atoms with E-state index in [0.29, 0.717) is 42.3 Å². The molecule has 1 atom stereocenters. The van der Waals surface area contributed by atoms with E-state index < -0.39 is 5.82 Å². The lowest BCUT2D eigenvalue weighted by molar-refractivity contribution is 0.0528. The van der Waals surface area contributed by atoms with E-state index in [1.807, 2.05) is 6.07 Å². The number of hydrogen-bond acceptors (Lipinski definition) is 5. The van der Waals surface area contributed by atoms with Gasteiger partial charge in [0.05, 0.1) is 6.20 Å². The zero-order valence-electron chi connectivity index (χ0n) is 17.7. The summed E-state index contributed by atoms with van der Waals surface area (Å²) in [4.78, 5) is 19.3. The van der Waals surface area contributed by atoms with Crippen molar-refractivity contribution in [3.8, 4) is 11.3 Å². The number of piperidine rings is 1. The van der Waals surface area contributed by atoms with Gasteiger partial charge in [-0.25, -0.2) is 13.8 Å². The first-order valence-corrected chi connectivity index (χ1v) is 10.8. The summed E-state index contributed by atoms with van der Waals surface area (Å²) in [6, 6.07) is 13.5. The van der Waals surface area contributed by atoms with Crippen molar-refractivity contribution < 1.29 is 22.5 Å². The molecule has 6 nitrogen and oxygen atoms in total. The van der Waals surface area contributed by atoms with Gasteiger partial charge in [0.15, 0.2) is 0 Å². The zero-order valence-corrected chi connectivity index (χ0v) is 17.7. The second kappa shape index (κ2) is 8.97. The maximum atomic E-state index is 13.5. The first kappa shape index (κ1) is 21.1. The molecule has 1 saturated heterocycles. The summed E-state index contributed by atoms with van der Waals surface area (Å²) < 4.78 is 38.3. The van der Waals surface area contributed by atoms with Gasteiger partial charge in [0.25, 0.3) is 5.91 Å². The molecule has 1 aliphatic heterocycles. The quantitative estimate of drug-likeness (QED) is 0.399. The highest BCUT2D eigenvalue weighted by Gasteiger charge is 2.33. The number of carbonyl (C=O) groups is 1. The molecule has 1 amide bonds. The van der Waals surface area contributed by atoms with Crippen molar-refractivity contribution in [1.29, 1.82) is 0 Å². The van der Waals surface area contributed by atoms with Crippen LogP contribution in [-0.2, 0) is 6.42 Å². The molecule has 0 unspecified atom stereocenters. The molecule has 0 bridgehead atoms. The number of halogens is 2. The van der Waals surface area contributed by atoms with Crippen LogP contribution in [0.5, 0.6) is 0 Å². The van der Waals surface area contributed by atoms with Crippen LogP contribution in [0.15, 0.2) is 69.7 Å². The standard InChI is InChI=1S/C25H21F2N3O3/c26-18-7-3-5-16(11-18)12-20-15-28-24(32-20)22-9-1-2-10-30(22)25(31)23-14-21(29-33-23)17-6-4-8-19(27)13-17/h3-8,11,13-15,22H,1-2,9-10,12H2/t22-/m1/s1. The van der Waals surface area contributed by atoms with Gasteiger partial charge in [-0.05, 0) is 49.1 Å². The third kappa shape index (κ3) is 4.55. The predicted molar refractivity (Wildman–Crippen MR) is 115 cm³/mol. The number of aromatic nitrogens is 2. The van der Waals surface area contributed by atoms with Crippen LogP contribution in [0.4, 0.5) is 8.78 Å². The third-order valence-corrected chi connectivity index (χ3v) is 5.73. The third-order valence-electron chi connectivity index (χ3n) is 5.73. The van der Waals surface area contributed by atoms with E-state index in [9.17, 15) is 13.6 Å². The Morgan fingerprint density at radius 3 is 2.70 bits per heavy atom. The highest BCUT2D eigenvalue weighted by molar-refractivity contribution is 5.92. The van der Waals surface area contributed by atoms with Gasteiger partial charge in [0.1, 0.15) is 29.1 Å². The molecule has 0 aliphatic carbocycles. The van der Waals surface area contributed by atoms with Crippen LogP contribution in [0.25, 0.3) is 11.3 Å². The number of amides is 1. The topological polar surface area (TPSA) is 72.4 Å². The van der Waals surface area contributed by atoms with Crippen LogP contribution in [0.1, 0.15) is 53.1 Å². The molecule has 2 aromatic carbocycles. The van der Waals surface area contributed by atoms with E-state index in [1.165, 1.54) is 30.3 Å². The molecule has 0 saturated carbocycles. The number of oxazole rings is 1. The second-order valence-corrected chi connectivity index (χ2v) is 8.07. The number of rotatable bonds is 5. The molecule has 0 spiro atoms. The van der Waals surface area contributed by atoms with Crippen molar-refractivity contribution >= 4 is 5.91 Å². The fourth-order valence-electron chi connectivity index (χ4n) is 4.14. The van der Waals surface area contributed by atoms with Gasteiger partial charge in [-0.1, -0.05) is 29.4 Å². The van der Waals surface area contributed by atoms with Crippen molar-refractivity contribution in [3.63, 3.8) is 0 Å². The molecule has 5 rings (SSSR count). The Balaban J connectivity index is 1.35. The average Bonchev–Trinajstić information content (AvgIpc) is 3.49. The van der Waals surface area contributed by atoms with Crippen molar-refractivity contribution in [2.75, 3.05) is 6.54 Å². The fraction of sp³-hybridized carbons (Fsp3) is 0.240. The predicted octanol–water partition coefficient (Wildman–Crippen LogP) is 5.57. The summed E-state index contributed by atoms with van der Waals surface area (Å²) in [5.74, 6) is 0.103. The van der Waals surface area contributed by atoms with Gasteiger partial charge in [0.2, 0.25) is 11.7 Å². The lowest BCUT2D eigenvalue weighted by atomic mass is 10.0. The highest BCUT2D eigenvalue weighted by Crippen LogP contribution is 2.33. The number of likely N-dealkylation sites (tertiary alicyclic amines) is 1. The molecular formula is C25H21F2N3O3. The van der Waals surface area contributed by atoms with Crippen molar-refractivity contribution in [2.24, 2.45) is 0 Å². The fourth-order valence-corrected chi connectivity index (χ4v) is 4.14.